The highest BCUT2D eigenvalue weighted by Crippen LogP contribution is 2.22. The van der Waals surface area contributed by atoms with Crippen molar-refractivity contribution in [2.24, 2.45) is 0 Å². The number of Topliss-reactive ketones (excluding diaryl/α,β-unsaturated/α-hetero) is 1. The fourth-order valence-electron chi connectivity index (χ4n) is 2.58. The molecule has 3 nitrogen and oxygen atoms in total. The van der Waals surface area contributed by atoms with E-state index < -0.39 is 0 Å². The van der Waals surface area contributed by atoms with Gasteiger partial charge in [0.25, 0.3) is 0 Å². The van der Waals surface area contributed by atoms with E-state index in [4.69, 9.17) is 23.2 Å². The molecule has 116 valence electrons. The second-order valence-corrected chi connectivity index (χ2v) is 7.32. The largest absolute Gasteiger partial charge is 0.296 e. The van der Waals surface area contributed by atoms with Gasteiger partial charge in [-0.25, -0.2) is 0 Å². The normalized spacial score (nSPS) is 18.0. The van der Waals surface area contributed by atoms with Gasteiger partial charge in [0.1, 0.15) is 0 Å². The minimum absolute atomic E-state index is 0.0340. The lowest BCUT2D eigenvalue weighted by atomic mass is 10.0. The molecule has 1 aliphatic heterocycles. The Morgan fingerprint density at radius 2 is 1.76 bits per heavy atom. The summed E-state index contributed by atoms with van der Waals surface area (Å²) in [7, 11) is 0. The number of rotatable bonds is 3. The number of carbonyl (C=O) groups is 1. The number of piperazine rings is 1. The van der Waals surface area contributed by atoms with Crippen LogP contribution >= 0.6 is 23.2 Å². The monoisotopic (exact) mass is 328 g/mol. The second kappa shape index (κ2) is 6.66. The van der Waals surface area contributed by atoms with E-state index in [1.54, 1.807) is 18.2 Å². The van der Waals surface area contributed by atoms with Crippen LogP contribution < -0.4 is 0 Å². The molecule has 5 heteroatoms. The third kappa shape index (κ3) is 4.43. The van der Waals surface area contributed by atoms with Gasteiger partial charge in [0.05, 0.1) is 11.6 Å². The minimum Gasteiger partial charge on any atom is -0.296 e. The zero-order valence-electron chi connectivity index (χ0n) is 12.8. The van der Waals surface area contributed by atoms with Crippen LogP contribution in [0.15, 0.2) is 18.2 Å². The maximum Gasteiger partial charge on any atom is 0.178 e. The van der Waals surface area contributed by atoms with E-state index >= 15 is 0 Å². The lowest BCUT2D eigenvalue weighted by molar-refractivity contribution is 0.0579. The first kappa shape index (κ1) is 16.8. The first-order valence-corrected chi connectivity index (χ1v) is 7.98. The van der Waals surface area contributed by atoms with E-state index in [2.05, 4.69) is 30.6 Å². The lowest BCUT2D eigenvalue weighted by Gasteiger charge is -2.42. The molecule has 0 N–H and O–H groups in total. The molecule has 0 unspecified atom stereocenters. The molecule has 21 heavy (non-hydrogen) atoms. The third-order valence-electron chi connectivity index (χ3n) is 3.92. The molecule has 1 aliphatic rings. The summed E-state index contributed by atoms with van der Waals surface area (Å²) >= 11 is 12.0. The zero-order chi connectivity index (χ0) is 15.6. The Hall–Kier alpha value is -0.610. The quantitative estimate of drug-likeness (QED) is 0.792. The molecule has 0 atom stereocenters. The van der Waals surface area contributed by atoms with Crippen molar-refractivity contribution in [1.82, 2.24) is 9.80 Å². The van der Waals surface area contributed by atoms with Gasteiger partial charge in [0, 0.05) is 42.3 Å². The minimum atomic E-state index is 0.0340. The fourth-order valence-corrected chi connectivity index (χ4v) is 2.97. The molecule has 0 amide bonds. The van der Waals surface area contributed by atoms with E-state index in [9.17, 15) is 4.79 Å². The van der Waals surface area contributed by atoms with Crippen molar-refractivity contribution < 1.29 is 4.79 Å². The summed E-state index contributed by atoms with van der Waals surface area (Å²) in [4.78, 5) is 17.0. The zero-order valence-corrected chi connectivity index (χ0v) is 14.3. The first-order chi connectivity index (χ1) is 9.77. The molecule has 1 aromatic rings. The van der Waals surface area contributed by atoms with Gasteiger partial charge in [0.15, 0.2) is 5.78 Å². The standard InChI is InChI=1S/C16H22Cl2N2O/c1-16(2,3)20-8-6-19(7-9-20)11-15(21)13-10-12(17)4-5-14(13)18/h4-5,10H,6-9,11H2,1-3H3. The predicted molar refractivity (Wildman–Crippen MR) is 88.6 cm³/mol. The van der Waals surface area contributed by atoms with Crippen molar-refractivity contribution >= 4 is 29.0 Å². The molecular weight excluding hydrogens is 307 g/mol. The molecule has 0 saturated carbocycles. The van der Waals surface area contributed by atoms with Crippen LogP contribution in [-0.4, -0.2) is 53.8 Å². The molecule has 1 saturated heterocycles. The van der Waals surface area contributed by atoms with Crippen molar-refractivity contribution in [3.8, 4) is 0 Å². The summed E-state index contributed by atoms with van der Waals surface area (Å²) in [5.74, 6) is 0.0340. The first-order valence-electron chi connectivity index (χ1n) is 7.23. The topological polar surface area (TPSA) is 23.6 Å². The summed E-state index contributed by atoms with van der Waals surface area (Å²) in [6.45, 7) is 10.8. The Labute approximate surface area is 136 Å². The number of halogens is 2. The van der Waals surface area contributed by atoms with Gasteiger partial charge in [0.2, 0.25) is 0 Å². The van der Waals surface area contributed by atoms with Crippen LogP contribution in [0.4, 0.5) is 0 Å². The highest BCUT2D eigenvalue weighted by molar-refractivity contribution is 6.36. The molecule has 1 aromatic carbocycles. The van der Waals surface area contributed by atoms with Crippen LogP contribution in [-0.2, 0) is 0 Å². The molecule has 0 bridgehead atoms. The van der Waals surface area contributed by atoms with E-state index in [0.717, 1.165) is 26.2 Å². The van der Waals surface area contributed by atoms with Crippen molar-refractivity contribution in [1.29, 1.82) is 0 Å². The Kier molecular flexibility index (Phi) is 5.31. The van der Waals surface area contributed by atoms with Gasteiger partial charge in [-0.05, 0) is 39.0 Å². The van der Waals surface area contributed by atoms with E-state index in [-0.39, 0.29) is 11.3 Å². The molecule has 0 radical (unpaired) electrons. The van der Waals surface area contributed by atoms with E-state index in [1.807, 2.05) is 0 Å². The lowest BCUT2D eigenvalue weighted by Crippen LogP contribution is -2.54. The van der Waals surface area contributed by atoms with Crippen LogP contribution in [0.5, 0.6) is 0 Å². The van der Waals surface area contributed by atoms with E-state index in [0.29, 0.717) is 22.2 Å². The van der Waals surface area contributed by atoms with Crippen molar-refractivity contribution in [3.05, 3.63) is 33.8 Å². The molecule has 1 fully saturated rings. The summed E-state index contributed by atoms with van der Waals surface area (Å²) in [6, 6.07) is 5.02. The molecule has 0 aromatic heterocycles. The molecule has 1 heterocycles. The van der Waals surface area contributed by atoms with Gasteiger partial charge in [-0.15, -0.1) is 0 Å². The SMILES string of the molecule is CC(C)(C)N1CCN(CC(=O)c2cc(Cl)ccc2Cl)CC1. The van der Waals surface area contributed by atoms with Crippen LogP contribution in [0.1, 0.15) is 31.1 Å². The Morgan fingerprint density at radius 1 is 1.14 bits per heavy atom. The Bertz CT molecular complexity index is 517. The highest BCUT2D eigenvalue weighted by Gasteiger charge is 2.26. The number of hydrogen-bond donors (Lipinski definition) is 0. The number of nitrogens with zero attached hydrogens (tertiary/aromatic N) is 2. The second-order valence-electron chi connectivity index (χ2n) is 6.48. The molecule has 0 spiro atoms. The van der Waals surface area contributed by atoms with Crippen LogP contribution in [0.3, 0.4) is 0 Å². The average molecular weight is 329 g/mol. The number of hydrogen-bond acceptors (Lipinski definition) is 3. The Balaban J connectivity index is 1.94. The predicted octanol–water partition coefficient (Wildman–Crippen LogP) is 3.59. The summed E-state index contributed by atoms with van der Waals surface area (Å²) < 4.78 is 0. The Morgan fingerprint density at radius 3 is 2.33 bits per heavy atom. The number of benzene rings is 1. The maximum atomic E-state index is 12.4. The average Bonchev–Trinajstić information content (AvgIpc) is 2.41. The number of carbonyl (C=O) groups excluding carboxylic acids is 1. The summed E-state index contributed by atoms with van der Waals surface area (Å²) in [6.07, 6.45) is 0. The van der Waals surface area contributed by atoms with Gasteiger partial charge < -0.3 is 0 Å². The van der Waals surface area contributed by atoms with Crippen LogP contribution in [0, 0.1) is 0 Å². The number of ketones is 1. The van der Waals surface area contributed by atoms with Crippen molar-refractivity contribution in [3.63, 3.8) is 0 Å². The van der Waals surface area contributed by atoms with E-state index in [1.165, 1.54) is 0 Å². The third-order valence-corrected chi connectivity index (χ3v) is 4.48. The fraction of sp³-hybridized carbons (Fsp3) is 0.562. The van der Waals surface area contributed by atoms with Crippen LogP contribution in [0.25, 0.3) is 0 Å². The molecular formula is C16H22Cl2N2O. The van der Waals surface area contributed by atoms with Crippen molar-refractivity contribution in [2.75, 3.05) is 32.7 Å². The summed E-state index contributed by atoms with van der Waals surface area (Å²) in [5.41, 5.74) is 0.703. The molecule has 2 rings (SSSR count). The van der Waals surface area contributed by atoms with Gasteiger partial charge >= 0.3 is 0 Å². The molecule has 0 aliphatic carbocycles. The van der Waals surface area contributed by atoms with Crippen molar-refractivity contribution in [2.45, 2.75) is 26.3 Å². The smallest absolute Gasteiger partial charge is 0.178 e. The summed E-state index contributed by atoms with van der Waals surface area (Å²) in [5, 5.41) is 1.01. The highest BCUT2D eigenvalue weighted by atomic mass is 35.5. The van der Waals surface area contributed by atoms with Gasteiger partial charge in [-0.3, -0.25) is 14.6 Å². The maximum absolute atomic E-state index is 12.4. The van der Waals surface area contributed by atoms with Crippen LogP contribution in [0.2, 0.25) is 10.0 Å². The van der Waals surface area contributed by atoms with Gasteiger partial charge in [-0.1, -0.05) is 23.2 Å². The van der Waals surface area contributed by atoms with Gasteiger partial charge in [-0.2, -0.15) is 0 Å².